The molecule has 6 nitrogen and oxygen atoms in total. The lowest BCUT2D eigenvalue weighted by molar-refractivity contribution is -0.384. The van der Waals surface area contributed by atoms with E-state index < -0.39 is 4.92 Å². The molecule has 1 aromatic rings. The molecular weight excluding hydrogens is 314 g/mol. The molecular formula is C12H16BrN3O3. The minimum Gasteiger partial charge on any atom is -0.376 e. The monoisotopic (exact) mass is 329 g/mol. The molecule has 0 bridgehead atoms. The van der Waals surface area contributed by atoms with Crippen LogP contribution >= 0.6 is 15.9 Å². The van der Waals surface area contributed by atoms with Crippen molar-refractivity contribution in [2.75, 3.05) is 18.5 Å². The van der Waals surface area contributed by atoms with E-state index in [1.807, 2.05) is 0 Å². The second kappa shape index (κ2) is 6.81. The highest BCUT2D eigenvalue weighted by atomic mass is 79.9. The molecule has 1 heterocycles. The smallest absolute Gasteiger partial charge is 0.312 e. The average Bonchev–Trinajstić information content (AvgIpc) is 2.89. The molecule has 1 aliphatic carbocycles. The molecule has 0 amide bonds. The van der Waals surface area contributed by atoms with Crippen LogP contribution in [-0.4, -0.2) is 29.2 Å². The summed E-state index contributed by atoms with van der Waals surface area (Å²) >= 11 is 3.17. The topological polar surface area (TPSA) is 77.3 Å². The number of hydrogen-bond acceptors (Lipinski definition) is 5. The molecule has 0 saturated heterocycles. The Bertz CT molecular complexity index is 450. The van der Waals surface area contributed by atoms with Crippen molar-refractivity contribution in [3.05, 3.63) is 26.9 Å². The molecule has 1 fully saturated rings. The summed E-state index contributed by atoms with van der Waals surface area (Å²) in [6.07, 6.45) is 6.60. The van der Waals surface area contributed by atoms with Crippen molar-refractivity contribution in [3.63, 3.8) is 0 Å². The first-order chi connectivity index (χ1) is 9.16. The molecule has 0 radical (unpaired) electrons. The fraction of sp³-hybridized carbons (Fsp3) is 0.583. The second-order valence-electron chi connectivity index (χ2n) is 4.48. The fourth-order valence-corrected chi connectivity index (χ4v) is 2.47. The molecule has 1 N–H and O–H groups in total. The van der Waals surface area contributed by atoms with Crippen LogP contribution in [0.2, 0.25) is 0 Å². The Hall–Kier alpha value is -1.21. The van der Waals surface area contributed by atoms with Crippen molar-refractivity contribution in [2.45, 2.75) is 31.8 Å². The zero-order valence-electron chi connectivity index (χ0n) is 10.5. The SMILES string of the molecule is O=[N+]([O-])c1cc(Br)cnc1NCCOC1CCCC1. The highest BCUT2D eigenvalue weighted by Crippen LogP contribution is 2.25. The number of anilines is 1. The van der Waals surface area contributed by atoms with Crippen LogP contribution in [0.25, 0.3) is 0 Å². The molecule has 1 aromatic heterocycles. The lowest BCUT2D eigenvalue weighted by atomic mass is 10.3. The van der Waals surface area contributed by atoms with Gasteiger partial charge in [0, 0.05) is 23.3 Å². The van der Waals surface area contributed by atoms with Gasteiger partial charge in [-0.15, -0.1) is 0 Å². The van der Waals surface area contributed by atoms with Crippen LogP contribution in [0.3, 0.4) is 0 Å². The third-order valence-corrected chi connectivity index (χ3v) is 3.51. The summed E-state index contributed by atoms with van der Waals surface area (Å²) in [7, 11) is 0. The molecule has 0 atom stereocenters. The fourth-order valence-electron chi connectivity index (χ4n) is 2.15. The van der Waals surface area contributed by atoms with Crippen molar-refractivity contribution < 1.29 is 9.66 Å². The van der Waals surface area contributed by atoms with Gasteiger partial charge < -0.3 is 10.1 Å². The summed E-state index contributed by atoms with van der Waals surface area (Å²) in [4.78, 5) is 14.5. The van der Waals surface area contributed by atoms with Gasteiger partial charge in [0.2, 0.25) is 5.82 Å². The predicted molar refractivity (Wildman–Crippen MR) is 75.3 cm³/mol. The van der Waals surface area contributed by atoms with Crippen LogP contribution in [0.15, 0.2) is 16.7 Å². The quantitative estimate of drug-likeness (QED) is 0.493. The number of ether oxygens (including phenoxy) is 1. The van der Waals surface area contributed by atoms with E-state index in [1.165, 1.54) is 25.1 Å². The van der Waals surface area contributed by atoms with Crippen LogP contribution in [0.5, 0.6) is 0 Å². The molecule has 0 unspecified atom stereocenters. The van der Waals surface area contributed by atoms with Crippen molar-refractivity contribution in [1.82, 2.24) is 4.98 Å². The third kappa shape index (κ3) is 4.14. The van der Waals surface area contributed by atoms with Crippen LogP contribution in [0.1, 0.15) is 25.7 Å². The Labute approximate surface area is 119 Å². The van der Waals surface area contributed by atoms with Crippen molar-refractivity contribution in [2.24, 2.45) is 0 Å². The van der Waals surface area contributed by atoms with Gasteiger partial charge in [0.1, 0.15) is 0 Å². The van der Waals surface area contributed by atoms with E-state index >= 15 is 0 Å². The molecule has 0 spiro atoms. The number of nitrogens with zero attached hydrogens (tertiary/aromatic N) is 2. The summed E-state index contributed by atoms with van der Waals surface area (Å²) in [5, 5.41) is 13.8. The Balaban J connectivity index is 1.83. The number of rotatable bonds is 6. The maximum atomic E-state index is 10.9. The standard InChI is InChI=1S/C12H16BrN3O3/c13-9-7-11(16(17)18)12(15-8-9)14-5-6-19-10-3-1-2-4-10/h7-8,10H,1-6H2,(H,14,15). The third-order valence-electron chi connectivity index (χ3n) is 3.08. The maximum absolute atomic E-state index is 10.9. The zero-order valence-corrected chi connectivity index (χ0v) is 12.1. The molecule has 19 heavy (non-hydrogen) atoms. The van der Waals surface area contributed by atoms with Crippen molar-refractivity contribution >= 4 is 27.4 Å². The number of hydrogen-bond donors (Lipinski definition) is 1. The van der Waals surface area contributed by atoms with E-state index in [2.05, 4.69) is 26.2 Å². The maximum Gasteiger partial charge on any atom is 0.312 e. The first-order valence-corrected chi connectivity index (χ1v) is 7.11. The summed E-state index contributed by atoms with van der Waals surface area (Å²) in [5.41, 5.74) is -0.0322. The van der Waals surface area contributed by atoms with Gasteiger partial charge in [0.25, 0.3) is 0 Å². The van der Waals surface area contributed by atoms with Gasteiger partial charge in [0.05, 0.1) is 17.6 Å². The first-order valence-electron chi connectivity index (χ1n) is 6.32. The largest absolute Gasteiger partial charge is 0.376 e. The van der Waals surface area contributed by atoms with E-state index in [4.69, 9.17) is 4.74 Å². The van der Waals surface area contributed by atoms with Gasteiger partial charge in [-0.25, -0.2) is 4.98 Å². The Morgan fingerprint density at radius 3 is 2.95 bits per heavy atom. The number of halogens is 1. The molecule has 1 saturated carbocycles. The summed E-state index contributed by atoms with van der Waals surface area (Å²) in [6.45, 7) is 1.06. The van der Waals surface area contributed by atoms with E-state index in [-0.39, 0.29) is 11.5 Å². The number of nitro groups is 1. The number of pyridine rings is 1. The van der Waals surface area contributed by atoms with E-state index in [1.54, 1.807) is 0 Å². The van der Waals surface area contributed by atoms with Crippen LogP contribution in [0, 0.1) is 10.1 Å². The van der Waals surface area contributed by atoms with Crippen LogP contribution in [-0.2, 0) is 4.74 Å². The van der Waals surface area contributed by atoms with E-state index in [0.717, 1.165) is 12.8 Å². The van der Waals surface area contributed by atoms with Gasteiger partial charge in [-0.1, -0.05) is 12.8 Å². The summed E-state index contributed by atoms with van der Waals surface area (Å²) in [6, 6.07) is 1.44. The minimum absolute atomic E-state index is 0.0322. The molecule has 7 heteroatoms. The van der Waals surface area contributed by atoms with Gasteiger partial charge in [-0.2, -0.15) is 0 Å². The molecule has 2 rings (SSSR count). The van der Waals surface area contributed by atoms with Crippen LogP contribution in [0.4, 0.5) is 11.5 Å². The van der Waals surface area contributed by atoms with Gasteiger partial charge in [-0.05, 0) is 28.8 Å². The Morgan fingerprint density at radius 1 is 1.53 bits per heavy atom. The molecule has 0 aliphatic heterocycles. The Morgan fingerprint density at radius 2 is 2.26 bits per heavy atom. The van der Waals surface area contributed by atoms with Crippen molar-refractivity contribution in [1.29, 1.82) is 0 Å². The number of nitrogens with one attached hydrogen (secondary N) is 1. The predicted octanol–water partition coefficient (Wildman–Crippen LogP) is 3.12. The molecule has 1 aliphatic rings. The number of aromatic nitrogens is 1. The highest BCUT2D eigenvalue weighted by molar-refractivity contribution is 9.10. The normalized spacial score (nSPS) is 15.6. The summed E-state index contributed by atoms with van der Waals surface area (Å²) < 4.78 is 6.27. The Kier molecular flexibility index (Phi) is 5.09. The van der Waals surface area contributed by atoms with Crippen LogP contribution < -0.4 is 5.32 Å². The second-order valence-corrected chi connectivity index (χ2v) is 5.40. The first kappa shape index (κ1) is 14.2. The van der Waals surface area contributed by atoms with Gasteiger partial charge in [0.15, 0.2) is 0 Å². The van der Waals surface area contributed by atoms with Gasteiger partial charge >= 0.3 is 5.69 Å². The molecule has 104 valence electrons. The highest BCUT2D eigenvalue weighted by Gasteiger charge is 2.17. The average molecular weight is 330 g/mol. The lowest BCUT2D eigenvalue weighted by Gasteiger charge is -2.11. The van der Waals surface area contributed by atoms with Crippen molar-refractivity contribution in [3.8, 4) is 0 Å². The summed E-state index contributed by atoms with van der Waals surface area (Å²) in [5.74, 6) is 0.281. The van der Waals surface area contributed by atoms with E-state index in [0.29, 0.717) is 23.7 Å². The minimum atomic E-state index is -0.447. The van der Waals surface area contributed by atoms with Gasteiger partial charge in [-0.3, -0.25) is 10.1 Å². The zero-order chi connectivity index (χ0) is 13.7. The lowest BCUT2D eigenvalue weighted by Crippen LogP contribution is -2.16. The molecule has 0 aromatic carbocycles. The van der Waals surface area contributed by atoms with E-state index in [9.17, 15) is 10.1 Å².